The molecule has 4 heterocycles. The second-order valence-corrected chi connectivity index (χ2v) is 14.2. The molecule has 0 aliphatic carbocycles. The normalized spacial score (nSPS) is 12.3. The fourth-order valence-corrected chi connectivity index (χ4v) is 7.10. The van der Waals surface area contributed by atoms with Gasteiger partial charge < -0.3 is 14.4 Å². The third-order valence-electron chi connectivity index (χ3n) is 8.13. The number of fused-ring (bicyclic) bond motifs is 5. The molecule has 6 heteroatoms. The van der Waals surface area contributed by atoms with E-state index in [0.717, 1.165) is 76.2 Å². The van der Waals surface area contributed by atoms with Crippen molar-refractivity contribution in [2.45, 2.75) is 47.9 Å². The topological polar surface area (TPSA) is 51.8 Å². The monoisotopic (exact) mass is 838 g/mol. The SMILES string of the molecule is [2H]C([2H])(c1cnc(-c2[c-]ccc3c2oc2ccc4nc(C)sc4c23)cc1-c1c(C)cccc1C)C(C)(C)C.[Ir].[c-]1ccccc1-c1ccccn1. The van der Waals surface area contributed by atoms with Gasteiger partial charge in [-0.1, -0.05) is 68.1 Å². The fourth-order valence-electron chi connectivity index (χ4n) is 6.13. The largest absolute Gasteiger partial charge is 0.501 e. The average Bonchev–Trinajstić information content (AvgIpc) is 3.68. The van der Waals surface area contributed by atoms with Crippen molar-refractivity contribution in [2.24, 2.45) is 5.41 Å². The number of hydrogen-bond acceptors (Lipinski definition) is 5. The molecule has 0 aliphatic rings. The van der Waals surface area contributed by atoms with E-state index in [1.807, 2.05) is 107 Å². The molecule has 0 atom stereocenters. The fraction of sp³-hybridized carbons (Fsp3) is 0.186. The van der Waals surface area contributed by atoms with Crippen LogP contribution in [0.1, 0.15) is 45.2 Å². The molecular weight excluding hydrogens is 799 g/mol. The molecule has 0 amide bonds. The van der Waals surface area contributed by atoms with Gasteiger partial charge in [0.1, 0.15) is 5.58 Å². The predicted octanol–water partition coefficient (Wildman–Crippen LogP) is 11.8. The molecule has 0 N–H and O–H groups in total. The summed E-state index contributed by atoms with van der Waals surface area (Å²) in [4.78, 5) is 13.7. The molecule has 0 saturated heterocycles. The Morgan fingerprint density at radius 3 is 2.35 bits per heavy atom. The molecule has 49 heavy (non-hydrogen) atoms. The van der Waals surface area contributed by atoms with Gasteiger partial charge in [0, 0.05) is 40.6 Å². The molecule has 4 aromatic carbocycles. The average molecular weight is 838 g/mol. The molecule has 0 spiro atoms. The number of rotatable bonds is 4. The van der Waals surface area contributed by atoms with E-state index < -0.39 is 11.8 Å². The Balaban J connectivity index is 0.000000291. The number of thiazole rings is 1. The molecule has 0 unspecified atom stereocenters. The van der Waals surface area contributed by atoms with Crippen molar-refractivity contribution in [3.63, 3.8) is 0 Å². The molecule has 4 aromatic heterocycles. The molecule has 1 radical (unpaired) electrons. The van der Waals surface area contributed by atoms with Crippen LogP contribution >= 0.6 is 11.3 Å². The quantitative estimate of drug-likeness (QED) is 0.166. The van der Waals surface area contributed by atoms with Crippen LogP contribution in [0, 0.1) is 38.3 Å². The van der Waals surface area contributed by atoms with Crippen molar-refractivity contribution >= 4 is 43.5 Å². The Labute approximate surface area is 308 Å². The molecule has 0 aliphatic heterocycles. The third-order valence-corrected chi connectivity index (χ3v) is 9.13. The summed E-state index contributed by atoms with van der Waals surface area (Å²) >= 11 is 1.67. The Morgan fingerprint density at radius 2 is 1.63 bits per heavy atom. The van der Waals surface area contributed by atoms with Crippen LogP contribution in [-0.2, 0) is 26.5 Å². The standard InChI is InChI=1S/C32H29N2OS.C11H8N.Ir/c1-18-9-7-10-19(2)28(18)24-15-26(33-17-21(24)16-32(4,5)6)22-11-8-12-23-29-27(35-30(22)23)14-13-25-31(29)36-20(3)34-25;1-2-6-10(7-3-1)11-8-4-5-9-12-11;/h7-10,12-15,17H,16H2,1-6H3;1-6,8-9H;/q2*-1;/i16D2;;. The van der Waals surface area contributed by atoms with Crippen molar-refractivity contribution in [1.82, 2.24) is 15.0 Å². The summed E-state index contributed by atoms with van der Waals surface area (Å²) in [5.41, 5.74) is 10.1. The molecule has 0 fully saturated rings. The first-order chi connectivity index (χ1) is 23.9. The predicted molar refractivity (Wildman–Crippen MR) is 200 cm³/mol. The first-order valence-corrected chi connectivity index (χ1v) is 16.8. The number of nitrogens with zero attached hydrogens (tertiary/aromatic N) is 3. The number of benzene rings is 4. The van der Waals surface area contributed by atoms with E-state index in [2.05, 4.69) is 48.1 Å². The van der Waals surface area contributed by atoms with Gasteiger partial charge in [-0.3, -0.25) is 0 Å². The van der Waals surface area contributed by atoms with E-state index >= 15 is 0 Å². The zero-order chi connectivity index (χ0) is 35.2. The molecule has 247 valence electrons. The second-order valence-electron chi connectivity index (χ2n) is 13.0. The summed E-state index contributed by atoms with van der Waals surface area (Å²) in [5, 5.41) is 3.09. The van der Waals surface area contributed by atoms with Crippen LogP contribution < -0.4 is 0 Å². The van der Waals surface area contributed by atoms with Gasteiger partial charge in [-0.05, 0) is 90.0 Å². The van der Waals surface area contributed by atoms with Crippen LogP contribution in [0.2, 0.25) is 0 Å². The molecule has 8 aromatic rings. The third kappa shape index (κ3) is 7.14. The number of aromatic nitrogens is 3. The Kier molecular flexibility index (Phi) is 9.19. The molecule has 0 bridgehead atoms. The zero-order valence-electron chi connectivity index (χ0n) is 30.3. The van der Waals surface area contributed by atoms with Gasteiger partial charge in [-0.2, -0.15) is 0 Å². The number of hydrogen-bond donors (Lipinski definition) is 0. The summed E-state index contributed by atoms with van der Waals surface area (Å²) < 4.78 is 25.8. The van der Waals surface area contributed by atoms with Crippen molar-refractivity contribution < 1.29 is 27.3 Å². The van der Waals surface area contributed by atoms with Gasteiger partial charge in [-0.25, -0.2) is 4.98 Å². The van der Waals surface area contributed by atoms with Crippen molar-refractivity contribution in [2.75, 3.05) is 0 Å². The van der Waals surface area contributed by atoms with Crippen LogP contribution in [0.4, 0.5) is 0 Å². The van der Waals surface area contributed by atoms with Gasteiger partial charge in [0.05, 0.1) is 20.8 Å². The van der Waals surface area contributed by atoms with Crippen LogP contribution in [0.15, 0.2) is 108 Å². The Hall–Kier alpha value is -4.48. The summed E-state index contributed by atoms with van der Waals surface area (Å²) in [6.45, 7) is 12.0. The van der Waals surface area contributed by atoms with Crippen LogP contribution in [0.3, 0.4) is 0 Å². The first kappa shape index (κ1) is 31.8. The summed E-state index contributed by atoms with van der Waals surface area (Å²) in [6, 6.07) is 36.3. The molecule has 4 nitrogen and oxygen atoms in total. The molecule has 8 rings (SSSR count). The summed E-state index contributed by atoms with van der Waals surface area (Å²) in [5.74, 6) is 0. The Morgan fingerprint density at radius 1 is 0.837 bits per heavy atom. The smallest absolute Gasteiger partial charge is 0.122 e. The molecular formula is C43H37IrN3OS-2. The maximum atomic E-state index is 9.10. The van der Waals surface area contributed by atoms with Crippen LogP contribution in [-0.4, -0.2) is 15.0 Å². The van der Waals surface area contributed by atoms with E-state index in [1.54, 1.807) is 23.7 Å². The minimum Gasteiger partial charge on any atom is -0.501 e. The summed E-state index contributed by atoms with van der Waals surface area (Å²) in [6.07, 6.45) is 1.89. The van der Waals surface area contributed by atoms with E-state index in [9.17, 15) is 0 Å². The maximum absolute atomic E-state index is 9.10. The van der Waals surface area contributed by atoms with Crippen LogP contribution in [0.5, 0.6) is 0 Å². The van der Waals surface area contributed by atoms with Gasteiger partial charge in [0.15, 0.2) is 0 Å². The van der Waals surface area contributed by atoms with E-state index in [1.165, 1.54) is 0 Å². The maximum Gasteiger partial charge on any atom is 0.122 e. The minimum atomic E-state index is -1.60. The Bertz CT molecular complexity index is 2430. The van der Waals surface area contributed by atoms with Crippen LogP contribution in [0.25, 0.3) is 65.8 Å². The number of furan rings is 1. The second kappa shape index (κ2) is 14.2. The van der Waals surface area contributed by atoms with Crippen molar-refractivity contribution in [3.8, 4) is 33.6 Å². The van der Waals surface area contributed by atoms with E-state index in [-0.39, 0.29) is 20.1 Å². The van der Waals surface area contributed by atoms with Gasteiger partial charge in [0.2, 0.25) is 0 Å². The first-order valence-electron chi connectivity index (χ1n) is 17.0. The van der Waals surface area contributed by atoms with E-state index in [4.69, 9.17) is 12.1 Å². The molecule has 0 saturated carbocycles. The zero-order valence-corrected chi connectivity index (χ0v) is 31.5. The summed E-state index contributed by atoms with van der Waals surface area (Å²) in [7, 11) is 0. The minimum absolute atomic E-state index is 0. The van der Waals surface area contributed by atoms with Gasteiger partial charge >= 0.3 is 0 Å². The van der Waals surface area contributed by atoms with Crippen molar-refractivity contribution in [3.05, 3.63) is 137 Å². The van der Waals surface area contributed by atoms with Gasteiger partial charge in [0.25, 0.3) is 0 Å². The number of pyridine rings is 2. The van der Waals surface area contributed by atoms with Crippen molar-refractivity contribution in [1.29, 1.82) is 0 Å². The van der Waals surface area contributed by atoms with Gasteiger partial charge in [-0.15, -0.1) is 65.4 Å². The van der Waals surface area contributed by atoms with E-state index in [0.29, 0.717) is 11.3 Å². The number of aryl methyl sites for hydroxylation is 3.